The maximum Gasteiger partial charge on any atom is 0.403 e. The lowest BCUT2D eigenvalue weighted by molar-refractivity contribution is 0.208. The van der Waals surface area contributed by atoms with Crippen LogP contribution in [0.1, 0.15) is 0 Å². The molecule has 0 fully saturated rings. The van der Waals surface area contributed by atoms with Crippen LogP contribution in [0.2, 0.25) is 0 Å². The Hall–Kier alpha value is -2.16. The fourth-order valence-electron chi connectivity index (χ4n) is 0.758. The first-order valence-corrected chi connectivity index (χ1v) is 5.25. The minimum absolute atomic E-state index is 0.330. The van der Waals surface area contributed by atoms with E-state index in [9.17, 15) is 13.2 Å². The van der Waals surface area contributed by atoms with Gasteiger partial charge in [-0.25, -0.2) is 18.4 Å². The smallest absolute Gasteiger partial charge is 0.403 e. The molecule has 16 heavy (non-hydrogen) atoms. The first-order valence-electron chi connectivity index (χ1n) is 3.70. The number of hydrogen-bond acceptors (Lipinski definition) is 5. The number of ether oxygens (including phenoxy) is 1. The standard InChI is InChI=1S/C6H5N5O4S/c7-11-10-6(12)15-4-2-1-3-5(9-4)16(8,13)14/h1-3H,(H2,8,13,14). The quantitative estimate of drug-likeness (QED) is 0.457. The number of nitrogens with two attached hydrogens (primary N) is 1. The Morgan fingerprint density at radius 2 is 2.25 bits per heavy atom. The molecule has 0 saturated heterocycles. The van der Waals surface area contributed by atoms with E-state index in [4.69, 9.17) is 10.7 Å². The van der Waals surface area contributed by atoms with Crippen molar-refractivity contribution in [3.8, 4) is 5.88 Å². The predicted octanol–water partition coefficient (Wildman–Crippen LogP) is 0.538. The van der Waals surface area contributed by atoms with Crippen molar-refractivity contribution in [3.05, 3.63) is 28.6 Å². The average molecular weight is 243 g/mol. The van der Waals surface area contributed by atoms with Crippen LogP contribution in [0, 0.1) is 0 Å². The van der Waals surface area contributed by atoms with E-state index in [1.54, 1.807) is 0 Å². The number of rotatable bonds is 2. The van der Waals surface area contributed by atoms with E-state index in [1.165, 1.54) is 12.1 Å². The summed E-state index contributed by atoms with van der Waals surface area (Å²) in [4.78, 5) is 16.3. The second kappa shape index (κ2) is 4.57. The van der Waals surface area contributed by atoms with Gasteiger partial charge in [0, 0.05) is 16.1 Å². The zero-order valence-electron chi connectivity index (χ0n) is 7.64. The van der Waals surface area contributed by atoms with Crippen molar-refractivity contribution in [3.63, 3.8) is 0 Å². The molecule has 1 rings (SSSR count). The molecule has 2 N–H and O–H groups in total. The zero-order chi connectivity index (χ0) is 12.2. The number of hydrogen-bond donors (Lipinski definition) is 1. The number of pyridine rings is 1. The number of nitrogens with zero attached hydrogens (tertiary/aromatic N) is 4. The van der Waals surface area contributed by atoms with E-state index in [2.05, 4.69) is 19.7 Å². The SMILES string of the molecule is [N-]=[N+]=NC(=O)Oc1cccc(S(N)(=O)=O)n1. The van der Waals surface area contributed by atoms with Crippen LogP contribution in [0.4, 0.5) is 4.79 Å². The average Bonchev–Trinajstić information content (AvgIpc) is 2.17. The van der Waals surface area contributed by atoms with Crippen molar-refractivity contribution in [2.24, 2.45) is 10.3 Å². The molecular formula is C6H5N5O4S. The van der Waals surface area contributed by atoms with Crippen molar-refractivity contribution in [2.75, 3.05) is 0 Å². The maximum atomic E-state index is 10.9. The number of amides is 1. The first kappa shape index (κ1) is 11.9. The normalized spacial score (nSPS) is 10.3. The molecule has 0 aliphatic rings. The molecule has 1 aromatic rings. The summed E-state index contributed by atoms with van der Waals surface area (Å²) in [5.41, 5.74) is 7.92. The number of sulfonamides is 1. The molecule has 0 aliphatic heterocycles. The largest absolute Gasteiger partial charge is 0.403 e. The Morgan fingerprint density at radius 3 is 2.81 bits per heavy atom. The third-order valence-electron chi connectivity index (χ3n) is 1.31. The van der Waals surface area contributed by atoms with Gasteiger partial charge in [-0.3, -0.25) is 0 Å². The Balaban J connectivity index is 3.00. The van der Waals surface area contributed by atoms with Crippen LogP contribution >= 0.6 is 0 Å². The number of azide groups is 1. The summed E-state index contributed by atoms with van der Waals surface area (Å²) in [6.45, 7) is 0. The lowest BCUT2D eigenvalue weighted by Crippen LogP contribution is -2.14. The molecule has 0 aliphatic carbocycles. The van der Waals surface area contributed by atoms with E-state index in [-0.39, 0.29) is 5.88 Å². The molecule has 1 heterocycles. The molecule has 0 spiro atoms. The molecule has 1 aromatic heterocycles. The summed E-state index contributed by atoms with van der Waals surface area (Å²) in [5, 5.41) is 6.95. The van der Waals surface area contributed by atoms with Gasteiger partial charge in [0.15, 0.2) is 5.03 Å². The van der Waals surface area contributed by atoms with Crippen molar-refractivity contribution in [2.45, 2.75) is 5.03 Å². The minimum Gasteiger partial charge on any atom is -0.403 e. The van der Waals surface area contributed by atoms with Crippen molar-refractivity contribution >= 4 is 16.1 Å². The Labute approximate surface area is 89.5 Å². The molecule has 9 nitrogen and oxygen atoms in total. The molecule has 1 amide bonds. The van der Waals surface area contributed by atoms with Crippen LogP contribution in [0.5, 0.6) is 5.88 Å². The number of aromatic nitrogens is 1. The monoisotopic (exact) mass is 243 g/mol. The van der Waals surface area contributed by atoms with Gasteiger partial charge in [0.2, 0.25) is 5.88 Å². The van der Waals surface area contributed by atoms with E-state index in [0.717, 1.165) is 6.07 Å². The van der Waals surface area contributed by atoms with Crippen molar-refractivity contribution < 1.29 is 17.9 Å². The van der Waals surface area contributed by atoms with Crippen LogP contribution in [0.15, 0.2) is 28.3 Å². The predicted molar refractivity (Wildman–Crippen MR) is 50.8 cm³/mol. The number of primary sulfonamides is 1. The Kier molecular flexibility index (Phi) is 3.40. The minimum atomic E-state index is -3.98. The van der Waals surface area contributed by atoms with Crippen LogP contribution in [0.25, 0.3) is 10.4 Å². The molecule has 0 saturated carbocycles. The highest BCUT2D eigenvalue weighted by Crippen LogP contribution is 2.11. The highest BCUT2D eigenvalue weighted by Gasteiger charge is 2.11. The molecular weight excluding hydrogens is 238 g/mol. The van der Waals surface area contributed by atoms with Gasteiger partial charge < -0.3 is 4.74 Å². The van der Waals surface area contributed by atoms with Crippen LogP contribution in [-0.4, -0.2) is 19.5 Å². The van der Waals surface area contributed by atoms with Crippen LogP contribution < -0.4 is 9.88 Å². The fourth-order valence-corrected chi connectivity index (χ4v) is 1.24. The van der Waals surface area contributed by atoms with Gasteiger partial charge >= 0.3 is 6.09 Å². The molecule has 0 aromatic carbocycles. The van der Waals surface area contributed by atoms with Gasteiger partial charge in [-0.05, 0) is 11.6 Å². The second-order valence-corrected chi connectivity index (χ2v) is 3.92. The molecule has 0 radical (unpaired) electrons. The molecule has 0 atom stereocenters. The van der Waals surface area contributed by atoms with Crippen molar-refractivity contribution in [1.82, 2.24) is 4.98 Å². The summed E-state index contributed by atoms with van der Waals surface area (Å²) in [7, 11) is -3.98. The maximum absolute atomic E-state index is 10.9. The van der Waals surface area contributed by atoms with E-state index < -0.39 is 21.1 Å². The van der Waals surface area contributed by atoms with Crippen LogP contribution in [-0.2, 0) is 10.0 Å². The van der Waals surface area contributed by atoms with Crippen LogP contribution in [0.3, 0.4) is 0 Å². The van der Waals surface area contributed by atoms with Gasteiger partial charge in [-0.2, -0.15) is 4.98 Å². The summed E-state index contributed by atoms with van der Waals surface area (Å²) in [5.74, 6) is -0.330. The van der Waals surface area contributed by atoms with Crippen molar-refractivity contribution in [1.29, 1.82) is 0 Å². The zero-order valence-corrected chi connectivity index (χ0v) is 8.46. The Morgan fingerprint density at radius 1 is 1.56 bits per heavy atom. The highest BCUT2D eigenvalue weighted by atomic mass is 32.2. The number of carbonyl (C=O) groups excluding carboxylic acids is 1. The third kappa shape index (κ3) is 3.20. The van der Waals surface area contributed by atoms with Gasteiger partial charge in [0.1, 0.15) is 0 Å². The molecule has 0 unspecified atom stereocenters. The summed E-state index contributed by atoms with van der Waals surface area (Å²) in [6, 6.07) is 3.60. The third-order valence-corrected chi connectivity index (χ3v) is 2.12. The van der Waals surface area contributed by atoms with Gasteiger partial charge in [0.25, 0.3) is 10.0 Å². The summed E-state index contributed by atoms with van der Waals surface area (Å²) in [6.07, 6.45) is -1.25. The van der Waals surface area contributed by atoms with E-state index >= 15 is 0 Å². The lowest BCUT2D eigenvalue weighted by atomic mass is 10.5. The molecule has 84 valence electrons. The topological polar surface area (TPSA) is 148 Å². The fraction of sp³-hybridized carbons (Fsp3) is 0. The van der Waals surface area contributed by atoms with Gasteiger partial charge in [-0.15, -0.1) is 0 Å². The summed E-state index contributed by atoms with van der Waals surface area (Å²) >= 11 is 0. The van der Waals surface area contributed by atoms with Gasteiger partial charge in [0.05, 0.1) is 0 Å². The second-order valence-electron chi connectivity index (χ2n) is 2.42. The van der Waals surface area contributed by atoms with E-state index in [1.807, 2.05) is 0 Å². The lowest BCUT2D eigenvalue weighted by Gasteiger charge is -2.01. The Bertz CT molecular complexity index is 562. The summed E-state index contributed by atoms with van der Waals surface area (Å²) < 4.78 is 26.2. The number of carbonyl (C=O) groups is 1. The van der Waals surface area contributed by atoms with Gasteiger partial charge in [-0.1, -0.05) is 6.07 Å². The molecule has 10 heteroatoms. The highest BCUT2D eigenvalue weighted by molar-refractivity contribution is 7.89. The van der Waals surface area contributed by atoms with E-state index in [0.29, 0.717) is 0 Å². The molecule has 0 bridgehead atoms. The first-order chi connectivity index (χ1) is 7.43.